The normalized spacial score (nSPS) is 10.9. The molecule has 0 spiro atoms. The Labute approximate surface area is 258 Å². The summed E-state index contributed by atoms with van der Waals surface area (Å²) in [5, 5.41) is 6.32. The lowest BCUT2D eigenvalue weighted by molar-refractivity contribution is -0.114. The van der Waals surface area contributed by atoms with Gasteiger partial charge in [-0.25, -0.2) is 13.6 Å². The minimum absolute atomic E-state index is 0.198. The van der Waals surface area contributed by atoms with Crippen LogP contribution in [0.3, 0.4) is 0 Å². The third-order valence-electron chi connectivity index (χ3n) is 7.50. The number of rotatable bonds is 10. The van der Waals surface area contributed by atoms with Crippen molar-refractivity contribution < 1.29 is 23.1 Å². The van der Waals surface area contributed by atoms with Gasteiger partial charge in [0.2, 0.25) is 11.3 Å². The molecule has 0 aliphatic carbocycles. The summed E-state index contributed by atoms with van der Waals surface area (Å²) in [6, 6.07) is 23.9. The number of anilines is 1. The Hall–Kier alpha value is -5.41. The van der Waals surface area contributed by atoms with Crippen LogP contribution in [0.2, 0.25) is 0 Å². The van der Waals surface area contributed by atoms with Crippen LogP contribution in [0.1, 0.15) is 45.1 Å². The molecule has 0 aliphatic rings. The summed E-state index contributed by atoms with van der Waals surface area (Å²) >= 11 is 0. The monoisotopic (exact) mass is 607 g/mol. The molecule has 0 saturated heterocycles. The Bertz CT molecular complexity index is 1950. The summed E-state index contributed by atoms with van der Waals surface area (Å²) in [5.74, 6) is -2.57. The van der Waals surface area contributed by atoms with Gasteiger partial charge < -0.3 is 19.9 Å². The van der Waals surface area contributed by atoms with Crippen LogP contribution < -0.4 is 16.1 Å². The fourth-order valence-corrected chi connectivity index (χ4v) is 5.29. The molecule has 1 aromatic heterocycles. The molecule has 0 radical (unpaired) electrons. The average molecular weight is 608 g/mol. The first kappa shape index (κ1) is 31.0. The number of ether oxygens (including phenoxy) is 1. The van der Waals surface area contributed by atoms with Gasteiger partial charge in [-0.2, -0.15) is 0 Å². The number of pyridine rings is 1. The largest absolute Gasteiger partial charge is 0.465 e. The maximum absolute atomic E-state index is 14.8. The number of carbonyl (C=O) groups excluding carboxylic acids is 2. The van der Waals surface area contributed by atoms with E-state index in [0.717, 1.165) is 30.4 Å². The molecule has 4 aromatic carbocycles. The quantitative estimate of drug-likeness (QED) is 0.179. The highest BCUT2D eigenvalue weighted by Crippen LogP contribution is 2.31. The highest BCUT2D eigenvalue weighted by molar-refractivity contribution is 5.97. The number of nitrogens with one attached hydrogen (secondary N) is 2. The zero-order valence-corrected chi connectivity index (χ0v) is 24.8. The van der Waals surface area contributed by atoms with E-state index in [9.17, 15) is 23.2 Å². The molecule has 0 fully saturated rings. The molecule has 9 heteroatoms. The van der Waals surface area contributed by atoms with Crippen LogP contribution in [-0.4, -0.2) is 23.6 Å². The van der Waals surface area contributed by atoms with E-state index in [4.69, 9.17) is 4.74 Å². The van der Waals surface area contributed by atoms with Crippen LogP contribution in [-0.2, 0) is 29.2 Å². The Morgan fingerprint density at radius 3 is 2.18 bits per heavy atom. The number of benzene rings is 4. The Morgan fingerprint density at radius 2 is 1.53 bits per heavy atom. The maximum atomic E-state index is 14.8. The van der Waals surface area contributed by atoms with Crippen molar-refractivity contribution >= 4 is 34.0 Å². The van der Waals surface area contributed by atoms with Crippen molar-refractivity contribution in [3.05, 3.63) is 153 Å². The lowest BCUT2D eigenvalue weighted by Crippen LogP contribution is -2.24. The molecule has 5 rings (SSSR count). The smallest absolute Gasteiger partial charge is 0.343 e. The SMILES string of the molecule is C=C(c1ccc(NC(C)=O)cc1)c1ccc2c(c1CNCc1ccccc1)c(=O)c(C(=O)OC)cn2Cc1c(F)cccc1F. The molecule has 0 aliphatic heterocycles. The second kappa shape index (κ2) is 13.5. The summed E-state index contributed by atoms with van der Waals surface area (Å²) in [6.07, 6.45) is 1.28. The van der Waals surface area contributed by atoms with E-state index in [1.54, 1.807) is 24.3 Å². The van der Waals surface area contributed by atoms with Crippen LogP contribution in [0.15, 0.2) is 102 Å². The molecule has 0 bridgehead atoms. The summed E-state index contributed by atoms with van der Waals surface area (Å²) in [4.78, 5) is 38.3. The first-order valence-electron chi connectivity index (χ1n) is 14.2. The minimum Gasteiger partial charge on any atom is -0.465 e. The molecule has 228 valence electrons. The first-order chi connectivity index (χ1) is 21.7. The number of fused-ring (bicyclic) bond motifs is 1. The molecule has 0 atom stereocenters. The van der Waals surface area contributed by atoms with Gasteiger partial charge in [0.15, 0.2) is 0 Å². The summed E-state index contributed by atoms with van der Waals surface area (Å²) in [6.45, 7) is 6.16. The topological polar surface area (TPSA) is 89.4 Å². The van der Waals surface area contributed by atoms with Gasteiger partial charge in [0.25, 0.3) is 0 Å². The number of carbonyl (C=O) groups is 2. The number of halogens is 2. The fourth-order valence-electron chi connectivity index (χ4n) is 5.29. The van der Waals surface area contributed by atoms with Gasteiger partial charge in [0.1, 0.15) is 17.2 Å². The summed E-state index contributed by atoms with van der Waals surface area (Å²) in [7, 11) is 1.16. The summed E-state index contributed by atoms with van der Waals surface area (Å²) in [5.41, 5.74) is 3.49. The minimum atomic E-state index is -0.870. The third-order valence-corrected chi connectivity index (χ3v) is 7.50. The van der Waals surface area contributed by atoms with Crippen LogP contribution in [0.4, 0.5) is 14.5 Å². The van der Waals surface area contributed by atoms with E-state index in [0.29, 0.717) is 34.4 Å². The van der Waals surface area contributed by atoms with E-state index in [-0.39, 0.29) is 35.5 Å². The van der Waals surface area contributed by atoms with Crippen LogP contribution in [0.5, 0.6) is 0 Å². The van der Waals surface area contributed by atoms with Crippen LogP contribution in [0, 0.1) is 11.6 Å². The van der Waals surface area contributed by atoms with E-state index in [1.165, 1.54) is 23.8 Å². The van der Waals surface area contributed by atoms with Gasteiger partial charge in [-0.1, -0.05) is 61.2 Å². The zero-order chi connectivity index (χ0) is 32.1. The lowest BCUT2D eigenvalue weighted by atomic mass is 9.91. The average Bonchev–Trinajstić information content (AvgIpc) is 3.03. The number of methoxy groups -OCH3 is 1. The van der Waals surface area contributed by atoms with E-state index in [2.05, 4.69) is 17.2 Å². The Kier molecular flexibility index (Phi) is 9.30. The van der Waals surface area contributed by atoms with Crippen molar-refractivity contribution in [3.63, 3.8) is 0 Å². The molecule has 0 unspecified atom stereocenters. The lowest BCUT2D eigenvalue weighted by Gasteiger charge is -2.20. The van der Waals surface area contributed by atoms with Gasteiger partial charge >= 0.3 is 5.97 Å². The van der Waals surface area contributed by atoms with E-state index >= 15 is 0 Å². The van der Waals surface area contributed by atoms with Crippen molar-refractivity contribution in [1.29, 1.82) is 0 Å². The number of aromatic nitrogens is 1. The number of esters is 1. The molecule has 1 heterocycles. The van der Waals surface area contributed by atoms with Crippen molar-refractivity contribution in [2.45, 2.75) is 26.6 Å². The summed E-state index contributed by atoms with van der Waals surface area (Å²) < 4.78 is 35.9. The molecule has 0 saturated carbocycles. The number of hydrogen-bond acceptors (Lipinski definition) is 5. The van der Waals surface area contributed by atoms with Crippen LogP contribution in [0.25, 0.3) is 16.5 Å². The molecule has 1 amide bonds. The van der Waals surface area contributed by atoms with Gasteiger partial charge in [0, 0.05) is 37.5 Å². The van der Waals surface area contributed by atoms with Gasteiger partial charge in [-0.05, 0) is 58.2 Å². The molecule has 45 heavy (non-hydrogen) atoms. The van der Waals surface area contributed by atoms with Crippen molar-refractivity contribution in [2.24, 2.45) is 0 Å². The van der Waals surface area contributed by atoms with Gasteiger partial charge in [-0.3, -0.25) is 9.59 Å². The first-order valence-corrected chi connectivity index (χ1v) is 14.2. The van der Waals surface area contributed by atoms with Gasteiger partial charge in [0.05, 0.1) is 24.6 Å². The second-order valence-corrected chi connectivity index (χ2v) is 10.5. The maximum Gasteiger partial charge on any atom is 0.343 e. The standard InChI is InChI=1S/C36H31F2N3O4/c1-22(25-12-14-26(15-13-25)40-23(2)42)27-16-17-33-34(28(27)19-39-18-24-8-5-4-6-9-24)35(43)30(36(44)45-3)21-41(33)20-29-31(37)10-7-11-32(29)38/h4-17,21,39H,1,18-20H2,2-3H3,(H,40,42). The number of hydrogen-bond donors (Lipinski definition) is 2. The molecule has 5 aromatic rings. The molecule has 7 nitrogen and oxygen atoms in total. The predicted octanol–water partition coefficient (Wildman–Crippen LogP) is 6.42. The predicted molar refractivity (Wildman–Crippen MR) is 171 cm³/mol. The third kappa shape index (κ3) is 6.73. The highest BCUT2D eigenvalue weighted by atomic mass is 19.1. The van der Waals surface area contributed by atoms with Crippen molar-refractivity contribution in [2.75, 3.05) is 12.4 Å². The Balaban J connectivity index is 1.70. The molecular weight excluding hydrogens is 576 g/mol. The van der Waals surface area contributed by atoms with E-state index < -0.39 is 23.0 Å². The molecular formula is C36H31F2N3O4. The van der Waals surface area contributed by atoms with E-state index in [1.807, 2.05) is 42.5 Å². The fraction of sp³-hybridized carbons (Fsp3) is 0.139. The highest BCUT2D eigenvalue weighted by Gasteiger charge is 2.22. The van der Waals surface area contributed by atoms with Crippen LogP contribution >= 0.6 is 0 Å². The number of nitrogens with zero attached hydrogens (tertiary/aromatic N) is 1. The second-order valence-electron chi connectivity index (χ2n) is 10.5. The van der Waals surface area contributed by atoms with Crippen molar-refractivity contribution in [1.82, 2.24) is 9.88 Å². The zero-order valence-electron chi connectivity index (χ0n) is 24.8. The Morgan fingerprint density at radius 1 is 0.844 bits per heavy atom. The van der Waals surface area contributed by atoms with Crippen molar-refractivity contribution in [3.8, 4) is 0 Å². The molecule has 2 N–H and O–H groups in total. The van der Waals surface area contributed by atoms with Gasteiger partial charge in [-0.15, -0.1) is 0 Å². The number of amides is 1.